The number of rotatable bonds is 7. The molecule has 8 heteroatoms. The zero-order valence-corrected chi connectivity index (χ0v) is 17.5. The highest BCUT2D eigenvalue weighted by Crippen LogP contribution is 2.14. The number of methoxy groups -OCH3 is 1. The van der Waals surface area contributed by atoms with Crippen LogP contribution in [0, 0.1) is 5.92 Å². The molecule has 2 rings (SSSR count). The largest absolute Gasteiger partial charge is 0.497 e. The molecule has 0 aromatic heterocycles. The SMILES string of the molecule is COc1ccc(CC(=O)NNC(=S)NC(=O)c2cccc(OCC(C)C)c2)cc1. The number of carbonyl (C=O) groups is 2. The third kappa shape index (κ3) is 7.79. The summed E-state index contributed by atoms with van der Waals surface area (Å²) in [6.07, 6.45) is 0.156. The molecule has 0 atom stereocenters. The van der Waals surface area contributed by atoms with E-state index in [4.69, 9.17) is 21.7 Å². The Bertz CT molecular complexity index is 853. The molecule has 0 radical (unpaired) electrons. The van der Waals surface area contributed by atoms with Gasteiger partial charge in [-0.2, -0.15) is 0 Å². The molecule has 0 bridgehead atoms. The van der Waals surface area contributed by atoms with E-state index in [0.29, 0.717) is 23.8 Å². The fourth-order valence-corrected chi connectivity index (χ4v) is 2.44. The molecule has 0 aliphatic rings. The highest BCUT2D eigenvalue weighted by atomic mass is 32.1. The van der Waals surface area contributed by atoms with E-state index in [1.165, 1.54) is 0 Å². The number of carbonyl (C=O) groups excluding carboxylic acids is 2. The Hall–Kier alpha value is -3.13. The first-order valence-electron chi connectivity index (χ1n) is 9.13. The van der Waals surface area contributed by atoms with Crippen LogP contribution in [0.1, 0.15) is 29.8 Å². The van der Waals surface area contributed by atoms with Crippen molar-refractivity contribution < 1.29 is 19.1 Å². The molecule has 2 aromatic rings. The Morgan fingerprint density at radius 1 is 1.03 bits per heavy atom. The zero-order chi connectivity index (χ0) is 21.2. The number of amides is 2. The van der Waals surface area contributed by atoms with Crippen molar-refractivity contribution in [3.05, 3.63) is 59.7 Å². The van der Waals surface area contributed by atoms with Crippen LogP contribution < -0.4 is 25.6 Å². The van der Waals surface area contributed by atoms with Crippen LogP contribution in [0.25, 0.3) is 0 Å². The number of nitrogens with one attached hydrogen (secondary N) is 3. The van der Waals surface area contributed by atoms with Crippen LogP contribution in [0.5, 0.6) is 11.5 Å². The van der Waals surface area contributed by atoms with Gasteiger partial charge in [0.05, 0.1) is 20.1 Å². The number of hydrogen-bond acceptors (Lipinski definition) is 5. The molecule has 0 fully saturated rings. The van der Waals surface area contributed by atoms with E-state index in [1.807, 2.05) is 13.8 Å². The van der Waals surface area contributed by atoms with Crippen LogP contribution in [-0.4, -0.2) is 30.6 Å². The summed E-state index contributed by atoms with van der Waals surface area (Å²) in [5.41, 5.74) is 6.20. The monoisotopic (exact) mass is 415 g/mol. The summed E-state index contributed by atoms with van der Waals surface area (Å²) in [6, 6.07) is 14.0. The number of ether oxygens (including phenoxy) is 2. The summed E-state index contributed by atoms with van der Waals surface area (Å²) >= 11 is 5.06. The fourth-order valence-electron chi connectivity index (χ4n) is 2.30. The van der Waals surface area contributed by atoms with E-state index in [0.717, 1.165) is 11.3 Å². The van der Waals surface area contributed by atoms with Crippen molar-refractivity contribution in [1.82, 2.24) is 16.2 Å². The van der Waals surface area contributed by atoms with Gasteiger partial charge in [0.1, 0.15) is 11.5 Å². The Morgan fingerprint density at radius 2 is 1.76 bits per heavy atom. The Morgan fingerprint density at radius 3 is 2.41 bits per heavy atom. The van der Waals surface area contributed by atoms with Crippen LogP contribution in [0.15, 0.2) is 48.5 Å². The minimum absolute atomic E-state index is 0.00779. The summed E-state index contributed by atoms with van der Waals surface area (Å²) in [7, 11) is 1.58. The van der Waals surface area contributed by atoms with E-state index < -0.39 is 5.91 Å². The minimum Gasteiger partial charge on any atom is -0.497 e. The van der Waals surface area contributed by atoms with Gasteiger partial charge in [0.25, 0.3) is 5.91 Å². The normalized spacial score (nSPS) is 10.2. The Kier molecular flexibility index (Phi) is 8.42. The lowest BCUT2D eigenvalue weighted by molar-refractivity contribution is -0.121. The van der Waals surface area contributed by atoms with Gasteiger partial charge in [-0.3, -0.25) is 25.8 Å². The predicted octanol–water partition coefficient (Wildman–Crippen LogP) is 2.61. The lowest BCUT2D eigenvalue weighted by Gasteiger charge is -2.12. The molecule has 7 nitrogen and oxygen atoms in total. The van der Waals surface area contributed by atoms with Crippen molar-refractivity contribution in [3.63, 3.8) is 0 Å². The molecule has 2 amide bonds. The molecule has 0 saturated carbocycles. The van der Waals surface area contributed by atoms with Gasteiger partial charge in [0.15, 0.2) is 5.11 Å². The Labute approximate surface area is 175 Å². The van der Waals surface area contributed by atoms with Crippen LogP contribution in [0.3, 0.4) is 0 Å². The molecule has 0 unspecified atom stereocenters. The highest BCUT2D eigenvalue weighted by Gasteiger charge is 2.10. The lowest BCUT2D eigenvalue weighted by atomic mass is 10.1. The van der Waals surface area contributed by atoms with Gasteiger partial charge < -0.3 is 9.47 Å². The molecule has 2 aromatic carbocycles. The maximum Gasteiger partial charge on any atom is 0.257 e. The Balaban J connectivity index is 1.80. The van der Waals surface area contributed by atoms with Crippen molar-refractivity contribution in [2.45, 2.75) is 20.3 Å². The van der Waals surface area contributed by atoms with Crippen LogP contribution in [0.2, 0.25) is 0 Å². The first-order chi connectivity index (χ1) is 13.9. The fraction of sp³-hybridized carbons (Fsp3) is 0.286. The van der Waals surface area contributed by atoms with Crippen LogP contribution >= 0.6 is 12.2 Å². The summed E-state index contributed by atoms with van der Waals surface area (Å²) in [4.78, 5) is 24.3. The molecule has 0 heterocycles. The standard InChI is InChI=1S/C21H25N3O4S/c1-14(2)13-28-18-6-4-5-16(12-18)20(26)22-21(29)24-23-19(25)11-15-7-9-17(27-3)10-8-15/h4-10,12,14H,11,13H2,1-3H3,(H,23,25)(H2,22,24,26,29). The van der Waals surface area contributed by atoms with Gasteiger partial charge in [-0.15, -0.1) is 0 Å². The first-order valence-corrected chi connectivity index (χ1v) is 9.54. The molecular weight excluding hydrogens is 390 g/mol. The average molecular weight is 416 g/mol. The second-order valence-corrected chi connectivity index (χ2v) is 7.12. The quantitative estimate of drug-likeness (QED) is 0.476. The van der Waals surface area contributed by atoms with Crippen LogP contribution in [-0.2, 0) is 11.2 Å². The van der Waals surface area contributed by atoms with E-state index in [-0.39, 0.29) is 17.4 Å². The lowest BCUT2D eigenvalue weighted by Crippen LogP contribution is -2.48. The van der Waals surface area contributed by atoms with Crippen molar-refractivity contribution in [1.29, 1.82) is 0 Å². The molecule has 0 spiro atoms. The molecule has 29 heavy (non-hydrogen) atoms. The maximum atomic E-state index is 12.3. The topological polar surface area (TPSA) is 88.7 Å². The highest BCUT2D eigenvalue weighted by molar-refractivity contribution is 7.80. The zero-order valence-electron chi connectivity index (χ0n) is 16.7. The molecule has 0 saturated heterocycles. The molecule has 0 aliphatic carbocycles. The van der Waals surface area contributed by atoms with Crippen molar-refractivity contribution in [2.24, 2.45) is 5.92 Å². The average Bonchev–Trinajstić information content (AvgIpc) is 2.71. The van der Waals surface area contributed by atoms with Gasteiger partial charge in [0, 0.05) is 5.56 Å². The van der Waals surface area contributed by atoms with Gasteiger partial charge in [-0.1, -0.05) is 32.0 Å². The number of hydrogen-bond donors (Lipinski definition) is 3. The predicted molar refractivity (Wildman–Crippen MR) is 115 cm³/mol. The molecule has 3 N–H and O–H groups in total. The number of hydrazine groups is 1. The van der Waals surface area contributed by atoms with Gasteiger partial charge in [0.2, 0.25) is 5.91 Å². The van der Waals surface area contributed by atoms with Gasteiger partial charge in [-0.05, 0) is 54.0 Å². The number of benzene rings is 2. The second-order valence-electron chi connectivity index (χ2n) is 6.71. The third-order valence-electron chi connectivity index (χ3n) is 3.75. The van der Waals surface area contributed by atoms with E-state index in [2.05, 4.69) is 16.2 Å². The van der Waals surface area contributed by atoms with E-state index in [1.54, 1.807) is 55.6 Å². The smallest absolute Gasteiger partial charge is 0.257 e. The molecule has 154 valence electrons. The van der Waals surface area contributed by atoms with Crippen LogP contribution in [0.4, 0.5) is 0 Å². The van der Waals surface area contributed by atoms with E-state index in [9.17, 15) is 9.59 Å². The summed E-state index contributed by atoms with van der Waals surface area (Å²) in [5, 5.41) is 2.51. The van der Waals surface area contributed by atoms with Gasteiger partial charge >= 0.3 is 0 Å². The molecule has 0 aliphatic heterocycles. The number of thiocarbonyl (C=S) groups is 1. The van der Waals surface area contributed by atoms with Crippen molar-refractivity contribution in [3.8, 4) is 11.5 Å². The maximum absolute atomic E-state index is 12.3. The summed E-state index contributed by atoms with van der Waals surface area (Å²) < 4.78 is 10.7. The third-order valence-corrected chi connectivity index (χ3v) is 3.95. The summed E-state index contributed by atoms with van der Waals surface area (Å²) in [5.74, 6) is 1.01. The van der Waals surface area contributed by atoms with Crippen molar-refractivity contribution >= 4 is 29.1 Å². The van der Waals surface area contributed by atoms with Gasteiger partial charge in [-0.25, -0.2) is 0 Å². The minimum atomic E-state index is -0.401. The van der Waals surface area contributed by atoms with Crippen molar-refractivity contribution in [2.75, 3.05) is 13.7 Å². The second kappa shape index (κ2) is 11.0. The van der Waals surface area contributed by atoms with E-state index >= 15 is 0 Å². The first kappa shape index (κ1) is 22.2. The molecular formula is C21H25N3O4S. The summed E-state index contributed by atoms with van der Waals surface area (Å²) in [6.45, 7) is 4.65.